The molecule has 0 heterocycles. The highest BCUT2D eigenvalue weighted by Crippen LogP contribution is 2.09. The second-order valence-corrected chi connectivity index (χ2v) is 5.99. The van der Waals surface area contributed by atoms with E-state index >= 15 is 0 Å². The van der Waals surface area contributed by atoms with Gasteiger partial charge >= 0.3 is 0 Å². The molecular weight excluding hydrogens is 286 g/mol. The summed E-state index contributed by atoms with van der Waals surface area (Å²) in [5.41, 5.74) is 0. The molecule has 3 nitrogen and oxygen atoms in total. The largest absolute Gasteiger partial charge is 1.00 e. The van der Waals surface area contributed by atoms with Crippen molar-refractivity contribution < 1.29 is 26.8 Å². The summed E-state index contributed by atoms with van der Waals surface area (Å²) in [5.74, 6) is 0. The van der Waals surface area contributed by atoms with Crippen LogP contribution in [0.15, 0.2) is 0 Å². The number of ether oxygens (including phenoxy) is 2. The van der Waals surface area contributed by atoms with Gasteiger partial charge in [-0.15, -0.1) is 0 Å². The normalized spacial score (nSPS) is 12.4. The van der Waals surface area contributed by atoms with Crippen LogP contribution in [0.25, 0.3) is 0 Å². The predicted molar refractivity (Wildman–Crippen MR) is 86.3 cm³/mol. The third-order valence-corrected chi connectivity index (χ3v) is 4.00. The zero-order valence-corrected chi connectivity index (χ0v) is 15.5. The van der Waals surface area contributed by atoms with E-state index in [2.05, 4.69) is 14.0 Å². The zero-order valence-electron chi connectivity index (χ0n) is 14.8. The van der Waals surface area contributed by atoms with Crippen molar-refractivity contribution in [1.29, 1.82) is 0 Å². The summed E-state index contributed by atoms with van der Waals surface area (Å²) < 4.78 is 10.5. The maximum Gasteiger partial charge on any atom is 0.207 e. The van der Waals surface area contributed by atoms with Crippen molar-refractivity contribution in [3.8, 4) is 0 Å². The molecule has 0 aliphatic rings. The molecule has 0 radical (unpaired) electrons. The molecule has 0 bridgehead atoms. The van der Waals surface area contributed by atoms with Crippen LogP contribution < -0.4 is 17.3 Å². The minimum absolute atomic E-state index is 0. The first kappa shape index (κ1) is 23.4. The van der Waals surface area contributed by atoms with E-state index in [1.54, 1.807) is 14.2 Å². The van der Waals surface area contributed by atoms with Crippen LogP contribution in [-0.4, -0.2) is 40.6 Å². The number of nitrogens with one attached hydrogen (secondary N) is 1. The van der Waals surface area contributed by atoms with Gasteiger partial charge in [-0.1, -0.05) is 58.3 Å². The zero-order chi connectivity index (χ0) is 15.1. The Bertz CT molecular complexity index is 190. The van der Waals surface area contributed by atoms with Crippen LogP contribution in [0.3, 0.4) is 0 Å². The summed E-state index contributed by atoms with van der Waals surface area (Å²) in [7, 11) is 5.64. The Morgan fingerprint density at radius 1 is 0.762 bits per heavy atom. The van der Waals surface area contributed by atoms with E-state index in [0.717, 1.165) is 6.54 Å². The van der Waals surface area contributed by atoms with Gasteiger partial charge in [0.05, 0.1) is 13.6 Å². The average molecular weight is 324 g/mol. The van der Waals surface area contributed by atoms with Crippen molar-refractivity contribution in [2.45, 2.75) is 77.4 Å². The summed E-state index contributed by atoms with van der Waals surface area (Å²) in [6, 6.07) is 0. The van der Waals surface area contributed by atoms with Crippen LogP contribution in [0.4, 0.5) is 0 Å². The maximum absolute atomic E-state index is 5.23. The van der Waals surface area contributed by atoms with E-state index in [4.69, 9.17) is 9.47 Å². The van der Waals surface area contributed by atoms with E-state index in [1.165, 1.54) is 75.7 Å². The van der Waals surface area contributed by atoms with Crippen LogP contribution in [-0.2, 0) is 9.47 Å². The number of methoxy groups -OCH3 is 2. The third kappa shape index (κ3) is 16.4. The fourth-order valence-corrected chi connectivity index (χ4v) is 2.56. The number of hydrogen-bond acceptors (Lipinski definition) is 2. The first-order valence-electron chi connectivity index (χ1n) is 8.61. The van der Waals surface area contributed by atoms with Crippen molar-refractivity contribution in [3.05, 3.63) is 0 Å². The summed E-state index contributed by atoms with van der Waals surface area (Å²) in [4.78, 5) is 1.50. The molecule has 0 spiro atoms. The molecule has 0 aromatic heterocycles. The molecule has 0 saturated carbocycles. The van der Waals surface area contributed by atoms with Gasteiger partial charge in [0.15, 0.2) is 0 Å². The number of quaternary nitrogens is 1. The monoisotopic (exact) mass is 323 g/mol. The Balaban J connectivity index is 0. The Morgan fingerprint density at radius 3 is 1.62 bits per heavy atom. The van der Waals surface area contributed by atoms with Gasteiger partial charge in [0.25, 0.3) is 0 Å². The Labute approximate surface area is 139 Å². The number of likely N-dealkylation sites (N-methyl/N-ethyl adjacent to an activating group) is 1. The van der Waals surface area contributed by atoms with E-state index < -0.39 is 0 Å². The number of halogens is 1. The molecule has 0 aromatic rings. The van der Waals surface area contributed by atoms with Crippen molar-refractivity contribution in [3.63, 3.8) is 0 Å². The van der Waals surface area contributed by atoms with Crippen LogP contribution in [0, 0.1) is 0 Å². The lowest BCUT2D eigenvalue weighted by Crippen LogP contribution is -3.10. The maximum atomic E-state index is 5.23. The van der Waals surface area contributed by atoms with E-state index in [-0.39, 0.29) is 18.7 Å². The highest BCUT2D eigenvalue weighted by Gasteiger charge is 2.11. The van der Waals surface area contributed by atoms with E-state index in [0.29, 0.717) is 0 Å². The predicted octanol–water partition coefficient (Wildman–Crippen LogP) is 0.0449. The molecule has 1 unspecified atom stereocenters. The number of unbranched alkanes of at least 4 members (excludes halogenated alkanes) is 9. The van der Waals surface area contributed by atoms with Crippen molar-refractivity contribution >= 4 is 0 Å². The fraction of sp³-hybridized carbons (Fsp3) is 1.00. The average Bonchev–Trinajstić information content (AvgIpc) is 2.46. The highest BCUT2D eigenvalue weighted by molar-refractivity contribution is 4.47. The minimum atomic E-state index is -0.0573. The second kappa shape index (κ2) is 18.2. The SMILES string of the molecule is CCCCCCCCCCCC[NH+](C)CC(OC)OC.[Cl-]. The van der Waals surface area contributed by atoms with Gasteiger partial charge in [-0.05, 0) is 12.8 Å². The third-order valence-electron chi connectivity index (χ3n) is 4.00. The molecule has 0 aromatic carbocycles. The topological polar surface area (TPSA) is 22.9 Å². The standard InChI is InChI=1S/C17H37NO2.ClH/c1-5-6-7-8-9-10-11-12-13-14-15-18(2)16-17(19-3)20-4;/h17H,5-16H2,1-4H3;1H. The molecule has 0 saturated heterocycles. The van der Waals surface area contributed by atoms with Gasteiger partial charge in [0, 0.05) is 14.2 Å². The lowest BCUT2D eigenvalue weighted by molar-refractivity contribution is -0.886. The quantitative estimate of drug-likeness (QED) is 0.340. The van der Waals surface area contributed by atoms with Crippen LogP contribution in [0.2, 0.25) is 0 Å². The van der Waals surface area contributed by atoms with Gasteiger partial charge in [0.2, 0.25) is 6.29 Å². The molecule has 1 atom stereocenters. The summed E-state index contributed by atoms with van der Waals surface area (Å²) >= 11 is 0. The Hall–Kier alpha value is 0.170. The highest BCUT2D eigenvalue weighted by atomic mass is 35.5. The van der Waals surface area contributed by atoms with Crippen molar-refractivity contribution in [2.24, 2.45) is 0 Å². The van der Waals surface area contributed by atoms with Gasteiger partial charge in [-0.3, -0.25) is 0 Å². The Kier molecular flexibility index (Phi) is 20.3. The molecular formula is C17H38ClNO2. The van der Waals surface area contributed by atoms with Gasteiger partial charge in [-0.25, -0.2) is 0 Å². The minimum Gasteiger partial charge on any atom is -1.00 e. The first-order chi connectivity index (χ1) is 9.74. The molecule has 4 heteroatoms. The second-order valence-electron chi connectivity index (χ2n) is 5.99. The molecule has 0 amide bonds. The van der Waals surface area contributed by atoms with Crippen LogP contribution >= 0.6 is 0 Å². The Morgan fingerprint density at radius 2 is 1.19 bits per heavy atom. The summed E-state index contributed by atoms with van der Waals surface area (Å²) in [6.45, 7) is 4.44. The van der Waals surface area contributed by atoms with Crippen molar-refractivity contribution in [2.75, 3.05) is 34.4 Å². The molecule has 130 valence electrons. The van der Waals surface area contributed by atoms with Crippen LogP contribution in [0.5, 0.6) is 0 Å². The lowest BCUT2D eigenvalue weighted by Gasteiger charge is -2.19. The van der Waals surface area contributed by atoms with E-state index in [9.17, 15) is 0 Å². The number of hydrogen-bond donors (Lipinski definition) is 1. The molecule has 1 N–H and O–H groups in total. The smallest absolute Gasteiger partial charge is 0.207 e. The molecule has 0 rings (SSSR count). The first-order valence-corrected chi connectivity index (χ1v) is 8.61. The van der Waals surface area contributed by atoms with E-state index in [1.807, 2.05) is 0 Å². The summed E-state index contributed by atoms with van der Waals surface area (Å²) in [6.07, 6.45) is 14.0. The molecule has 21 heavy (non-hydrogen) atoms. The van der Waals surface area contributed by atoms with Gasteiger partial charge < -0.3 is 26.8 Å². The molecule has 0 aliphatic carbocycles. The van der Waals surface area contributed by atoms with Gasteiger partial charge in [-0.2, -0.15) is 0 Å². The summed E-state index contributed by atoms with van der Waals surface area (Å²) in [5, 5.41) is 0. The molecule has 0 aliphatic heterocycles. The number of rotatable bonds is 15. The van der Waals surface area contributed by atoms with Gasteiger partial charge in [0.1, 0.15) is 6.54 Å². The fourth-order valence-electron chi connectivity index (χ4n) is 2.56. The lowest BCUT2D eigenvalue weighted by atomic mass is 10.1. The van der Waals surface area contributed by atoms with Crippen LogP contribution in [0.1, 0.15) is 71.1 Å². The molecule has 0 fully saturated rings. The van der Waals surface area contributed by atoms with Crippen molar-refractivity contribution in [1.82, 2.24) is 0 Å².